The maximum Gasteiger partial charge on any atom is 0.227 e. The summed E-state index contributed by atoms with van der Waals surface area (Å²) in [4.78, 5) is 35.9. The Hall–Kier alpha value is -1.88. The Morgan fingerprint density at radius 3 is 2.80 bits per heavy atom. The summed E-state index contributed by atoms with van der Waals surface area (Å²) in [6.45, 7) is 2.05. The summed E-state index contributed by atoms with van der Waals surface area (Å²) in [5.74, 6) is -0.690. The molecule has 5 nitrogen and oxygen atoms in total. The van der Waals surface area contributed by atoms with Crippen LogP contribution in [-0.2, 0) is 14.4 Å². The molecule has 0 saturated carbocycles. The average Bonchev–Trinajstić information content (AvgIpc) is 2.81. The summed E-state index contributed by atoms with van der Waals surface area (Å²) in [7, 11) is 0. The van der Waals surface area contributed by atoms with Crippen LogP contribution in [0.25, 0.3) is 0 Å². The third kappa shape index (κ3) is 3.17. The number of carbonyl (C=O) groups excluding carboxylic acids is 3. The molecule has 0 spiro atoms. The molecule has 1 aliphatic heterocycles. The van der Waals surface area contributed by atoms with Gasteiger partial charge in [0.2, 0.25) is 17.1 Å². The molecule has 20 heavy (non-hydrogen) atoms. The zero-order chi connectivity index (χ0) is 14.7. The van der Waals surface area contributed by atoms with E-state index in [4.69, 9.17) is 11.6 Å². The summed E-state index contributed by atoms with van der Waals surface area (Å²) in [5, 5.41) is 2.24. The van der Waals surface area contributed by atoms with Crippen LogP contribution >= 0.6 is 11.6 Å². The monoisotopic (exact) mass is 294 g/mol. The second-order valence-corrected chi connectivity index (χ2v) is 5.03. The lowest BCUT2D eigenvalue weighted by Crippen LogP contribution is -2.25. The summed E-state index contributed by atoms with van der Waals surface area (Å²) < 4.78 is 0. The molecule has 2 rings (SSSR count). The first kappa shape index (κ1) is 14.5. The number of nitrogens with one attached hydrogen (secondary N) is 1. The smallest absolute Gasteiger partial charge is 0.227 e. The minimum Gasteiger partial charge on any atom is -0.326 e. The predicted octanol–water partition coefficient (Wildman–Crippen LogP) is 2.15. The summed E-state index contributed by atoms with van der Waals surface area (Å²) >= 11 is 5.45. The predicted molar refractivity (Wildman–Crippen MR) is 76.7 cm³/mol. The van der Waals surface area contributed by atoms with Crippen LogP contribution in [-0.4, -0.2) is 23.6 Å². The molecule has 0 unspecified atom stereocenters. The molecule has 1 atom stereocenters. The van der Waals surface area contributed by atoms with Gasteiger partial charge in [0.1, 0.15) is 0 Å². The lowest BCUT2D eigenvalue weighted by atomic mass is 10.1. The molecule has 1 aromatic carbocycles. The Kier molecular flexibility index (Phi) is 4.39. The number of amides is 2. The van der Waals surface area contributed by atoms with E-state index < -0.39 is 11.2 Å². The first-order valence-corrected chi connectivity index (χ1v) is 6.78. The maximum atomic E-state index is 11.9. The van der Waals surface area contributed by atoms with Crippen molar-refractivity contribution in [2.24, 2.45) is 5.92 Å². The number of anilines is 2. The largest absolute Gasteiger partial charge is 0.326 e. The number of halogens is 1. The molecule has 6 heteroatoms. The van der Waals surface area contributed by atoms with Gasteiger partial charge < -0.3 is 10.2 Å². The zero-order valence-corrected chi connectivity index (χ0v) is 11.8. The van der Waals surface area contributed by atoms with Crippen LogP contribution in [0.2, 0.25) is 0 Å². The van der Waals surface area contributed by atoms with Crippen LogP contribution in [0.1, 0.15) is 19.8 Å². The van der Waals surface area contributed by atoms with E-state index in [1.807, 2.05) is 0 Å². The lowest BCUT2D eigenvalue weighted by Gasteiger charge is -2.17. The van der Waals surface area contributed by atoms with Gasteiger partial charge in [-0.3, -0.25) is 14.4 Å². The third-order valence-corrected chi connectivity index (χ3v) is 3.52. The number of hydrogen-bond acceptors (Lipinski definition) is 3. The highest BCUT2D eigenvalue weighted by molar-refractivity contribution is 6.64. The summed E-state index contributed by atoms with van der Waals surface area (Å²) in [6.07, 6.45) is 0.517. The van der Waals surface area contributed by atoms with Crippen LogP contribution < -0.4 is 10.2 Å². The number of nitrogens with zero attached hydrogens (tertiary/aromatic N) is 1. The fourth-order valence-corrected chi connectivity index (χ4v) is 2.26. The van der Waals surface area contributed by atoms with Gasteiger partial charge in [0.25, 0.3) is 0 Å². The number of benzene rings is 1. The molecule has 1 aromatic rings. The highest BCUT2D eigenvalue weighted by Gasteiger charge is 2.34. The van der Waals surface area contributed by atoms with Gasteiger partial charge in [-0.05, 0) is 29.8 Å². The van der Waals surface area contributed by atoms with Crippen molar-refractivity contribution in [1.82, 2.24) is 0 Å². The highest BCUT2D eigenvalue weighted by Crippen LogP contribution is 2.28. The SMILES string of the molecule is CCC(=O)Nc1cccc(N2C[C@@H](C(=O)Cl)CC2=O)c1. The number of rotatable bonds is 4. The topological polar surface area (TPSA) is 66.5 Å². The third-order valence-electron chi connectivity index (χ3n) is 3.21. The van der Waals surface area contributed by atoms with Crippen molar-refractivity contribution < 1.29 is 14.4 Å². The average molecular weight is 295 g/mol. The molecule has 0 bridgehead atoms. The molecular weight excluding hydrogens is 280 g/mol. The Labute approximate surface area is 121 Å². The molecule has 0 aliphatic carbocycles. The van der Waals surface area contributed by atoms with Crippen molar-refractivity contribution in [1.29, 1.82) is 0 Å². The quantitative estimate of drug-likeness (QED) is 0.865. The Morgan fingerprint density at radius 2 is 2.20 bits per heavy atom. The van der Waals surface area contributed by atoms with Gasteiger partial charge in [0, 0.05) is 30.8 Å². The zero-order valence-electron chi connectivity index (χ0n) is 11.1. The minimum absolute atomic E-state index is 0.0938. The van der Waals surface area contributed by atoms with Crippen LogP contribution in [0.15, 0.2) is 24.3 Å². The fraction of sp³-hybridized carbons (Fsp3) is 0.357. The molecule has 0 aromatic heterocycles. The number of carbonyl (C=O) groups is 3. The molecule has 1 N–H and O–H groups in total. The van der Waals surface area contributed by atoms with E-state index in [9.17, 15) is 14.4 Å². The molecule has 1 aliphatic rings. The Balaban J connectivity index is 2.17. The van der Waals surface area contributed by atoms with E-state index in [2.05, 4.69) is 5.32 Å². The molecule has 1 fully saturated rings. The fourth-order valence-electron chi connectivity index (χ4n) is 2.11. The van der Waals surface area contributed by atoms with Crippen LogP contribution in [0.4, 0.5) is 11.4 Å². The van der Waals surface area contributed by atoms with Crippen LogP contribution in [0, 0.1) is 5.92 Å². The van der Waals surface area contributed by atoms with Crippen molar-refractivity contribution >= 4 is 40.0 Å². The maximum absolute atomic E-state index is 11.9. The first-order chi connectivity index (χ1) is 9.51. The molecule has 106 valence electrons. The van der Waals surface area contributed by atoms with Gasteiger partial charge in [-0.2, -0.15) is 0 Å². The molecule has 1 heterocycles. The van der Waals surface area contributed by atoms with Crippen LogP contribution in [0.3, 0.4) is 0 Å². The standard InChI is InChI=1S/C14H15ClN2O3/c1-2-12(18)16-10-4-3-5-11(7-10)17-8-9(14(15)20)6-13(17)19/h3-5,7,9H,2,6,8H2,1H3,(H,16,18)/t9-/m0/s1. The second kappa shape index (κ2) is 6.05. The van der Waals surface area contributed by atoms with E-state index in [0.29, 0.717) is 17.8 Å². The van der Waals surface area contributed by atoms with E-state index >= 15 is 0 Å². The molecular formula is C14H15ClN2O3. The van der Waals surface area contributed by atoms with Crippen molar-refractivity contribution in [2.45, 2.75) is 19.8 Å². The van der Waals surface area contributed by atoms with Crippen molar-refractivity contribution in [2.75, 3.05) is 16.8 Å². The van der Waals surface area contributed by atoms with Gasteiger partial charge in [-0.1, -0.05) is 13.0 Å². The van der Waals surface area contributed by atoms with E-state index in [1.165, 1.54) is 4.90 Å². The van der Waals surface area contributed by atoms with Gasteiger partial charge in [0.15, 0.2) is 0 Å². The molecule has 1 saturated heterocycles. The highest BCUT2D eigenvalue weighted by atomic mass is 35.5. The summed E-state index contributed by atoms with van der Waals surface area (Å²) in [5.41, 5.74) is 1.28. The second-order valence-electron chi connectivity index (χ2n) is 4.66. The lowest BCUT2D eigenvalue weighted by molar-refractivity contribution is -0.120. The minimum atomic E-state index is -0.490. The Morgan fingerprint density at radius 1 is 1.45 bits per heavy atom. The van der Waals surface area contributed by atoms with Gasteiger partial charge in [0.05, 0.1) is 5.92 Å². The van der Waals surface area contributed by atoms with Crippen molar-refractivity contribution in [3.8, 4) is 0 Å². The van der Waals surface area contributed by atoms with Gasteiger partial charge in [-0.25, -0.2) is 0 Å². The van der Waals surface area contributed by atoms with Crippen molar-refractivity contribution in [3.63, 3.8) is 0 Å². The van der Waals surface area contributed by atoms with Gasteiger partial charge >= 0.3 is 0 Å². The van der Waals surface area contributed by atoms with Gasteiger partial charge in [-0.15, -0.1) is 0 Å². The molecule has 2 amide bonds. The van der Waals surface area contributed by atoms with E-state index in [-0.39, 0.29) is 24.8 Å². The Bertz CT molecular complexity index is 559. The number of hydrogen-bond donors (Lipinski definition) is 1. The molecule has 0 radical (unpaired) electrons. The van der Waals surface area contributed by atoms with Crippen molar-refractivity contribution in [3.05, 3.63) is 24.3 Å². The normalized spacial score (nSPS) is 18.2. The van der Waals surface area contributed by atoms with Crippen LogP contribution in [0.5, 0.6) is 0 Å². The summed E-state index contributed by atoms with van der Waals surface area (Å²) in [6, 6.07) is 6.98. The van der Waals surface area contributed by atoms with E-state index in [0.717, 1.165) is 0 Å². The van der Waals surface area contributed by atoms with E-state index in [1.54, 1.807) is 31.2 Å². The first-order valence-electron chi connectivity index (χ1n) is 6.41.